The largest absolute Gasteiger partial charge is 0.292 e. The summed E-state index contributed by atoms with van der Waals surface area (Å²) in [4.78, 5) is 7.11. The van der Waals surface area contributed by atoms with Crippen molar-refractivity contribution in [1.29, 1.82) is 0 Å². The van der Waals surface area contributed by atoms with Crippen LogP contribution in [-0.4, -0.2) is 48.8 Å². The molecule has 2 aromatic carbocycles. The zero-order valence-corrected chi connectivity index (χ0v) is 16.5. The summed E-state index contributed by atoms with van der Waals surface area (Å²) in [6.45, 7) is 4.21. The van der Waals surface area contributed by atoms with Crippen molar-refractivity contribution in [3.05, 3.63) is 59.4 Å². The van der Waals surface area contributed by atoms with E-state index in [1.807, 2.05) is 18.2 Å². The maximum absolute atomic E-state index is 13.1. The van der Waals surface area contributed by atoms with Crippen LogP contribution in [0.2, 0.25) is 0 Å². The summed E-state index contributed by atoms with van der Waals surface area (Å²) in [5.41, 5.74) is 1.00. The fourth-order valence-electron chi connectivity index (χ4n) is 3.31. The summed E-state index contributed by atoms with van der Waals surface area (Å²) in [6, 6.07) is 13.2. The van der Waals surface area contributed by atoms with E-state index in [-0.39, 0.29) is 10.9 Å². The number of hydrogen-bond acceptors (Lipinski definition) is 5. The summed E-state index contributed by atoms with van der Waals surface area (Å²) in [7, 11) is -3.59. The number of hydrogen-bond donors (Lipinski definition) is 0. The fraction of sp³-hybridized carbons (Fsp3) is 0.316. The normalized spacial score (nSPS) is 18.0. The SMILES string of the molecule is CC(c1nc2ccccc2s1)N1CCN(S(=O)(=O)c2ccc(F)cc2)CC1. The molecule has 0 radical (unpaired) electrons. The first-order valence-corrected chi connectivity index (χ1v) is 11.1. The van der Waals surface area contributed by atoms with Gasteiger partial charge < -0.3 is 0 Å². The minimum atomic E-state index is -3.59. The number of fused-ring (bicyclic) bond motifs is 1. The summed E-state index contributed by atoms with van der Waals surface area (Å²) >= 11 is 1.68. The molecule has 0 amide bonds. The van der Waals surface area contributed by atoms with Crippen LogP contribution in [0.25, 0.3) is 10.2 Å². The van der Waals surface area contributed by atoms with Crippen molar-refractivity contribution in [3.8, 4) is 0 Å². The third kappa shape index (κ3) is 3.62. The van der Waals surface area contributed by atoms with Gasteiger partial charge in [0.2, 0.25) is 10.0 Å². The third-order valence-corrected chi connectivity index (χ3v) is 8.06. The third-order valence-electron chi connectivity index (χ3n) is 4.94. The molecule has 2 heterocycles. The number of para-hydroxylation sites is 1. The van der Waals surface area contributed by atoms with Crippen molar-refractivity contribution < 1.29 is 12.8 Å². The Morgan fingerprint density at radius 1 is 1.04 bits per heavy atom. The Morgan fingerprint density at radius 3 is 2.37 bits per heavy atom. The molecule has 8 heteroatoms. The molecule has 3 aromatic rings. The smallest absolute Gasteiger partial charge is 0.243 e. The number of aromatic nitrogens is 1. The minimum Gasteiger partial charge on any atom is -0.292 e. The number of nitrogens with zero attached hydrogens (tertiary/aromatic N) is 3. The second kappa shape index (κ2) is 7.27. The van der Waals surface area contributed by atoms with Gasteiger partial charge in [0.05, 0.1) is 21.2 Å². The molecule has 1 fully saturated rings. The summed E-state index contributed by atoms with van der Waals surface area (Å²) in [5.74, 6) is -0.441. The predicted molar refractivity (Wildman–Crippen MR) is 105 cm³/mol. The molecule has 1 aromatic heterocycles. The van der Waals surface area contributed by atoms with Crippen LogP contribution in [0.15, 0.2) is 53.4 Å². The number of rotatable bonds is 4. The first kappa shape index (κ1) is 18.5. The second-order valence-electron chi connectivity index (χ2n) is 6.59. The zero-order valence-electron chi connectivity index (χ0n) is 14.9. The van der Waals surface area contributed by atoms with Gasteiger partial charge in [-0.05, 0) is 43.3 Å². The highest BCUT2D eigenvalue weighted by Crippen LogP contribution is 2.30. The highest BCUT2D eigenvalue weighted by molar-refractivity contribution is 7.89. The molecule has 1 aliphatic heterocycles. The van der Waals surface area contributed by atoms with Gasteiger partial charge in [-0.1, -0.05) is 12.1 Å². The first-order chi connectivity index (χ1) is 12.9. The van der Waals surface area contributed by atoms with Crippen molar-refractivity contribution in [2.24, 2.45) is 0 Å². The van der Waals surface area contributed by atoms with E-state index in [1.54, 1.807) is 11.3 Å². The number of piperazine rings is 1. The number of benzene rings is 2. The molecule has 142 valence electrons. The molecule has 4 rings (SSSR count). The summed E-state index contributed by atoms with van der Waals surface area (Å²) in [5, 5.41) is 1.05. The fourth-order valence-corrected chi connectivity index (χ4v) is 5.79. The molecular formula is C19H20FN3O2S2. The van der Waals surface area contributed by atoms with Gasteiger partial charge in [0.1, 0.15) is 10.8 Å². The maximum Gasteiger partial charge on any atom is 0.243 e. The number of sulfonamides is 1. The van der Waals surface area contributed by atoms with E-state index in [9.17, 15) is 12.8 Å². The predicted octanol–water partition coefficient (Wildman–Crippen LogP) is 3.50. The van der Waals surface area contributed by atoms with Crippen LogP contribution >= 0.6 is 11.3 Å². The lowest BCUT2D eigenvalue weighted by Crippen LogP contribution is -2.49. The van der Waals surface area contributed by atoms with Crippen molar-refractivity contribution in [3.63, 3.8) is 0 Å². The van der Waals surface area contributed by atoms with Crippen LogP contribution in [0.1, 0.15) is 18.0 Å². The van der Waals surface area contributed by atoms with Crippen molar-refractivity contribution >= 4 is 31.6 Å². The van der Waals surface area contributed by atoms with Gasteiger partial charge in [-0.25, -0.2) is 17.8 Å². The molecule has 0 bridgehead atoms. The topological polar surface area (TPSA) is 53.5 Å². The lowest BCUT2D eigenvalue weighted by atomic mass is 10.2. The first-order valence-electron chi connectivity index (χ1n) is 8.80. The molecule has 1 aliphatic rings. The van der Waals surface area contributed by atoms with E-state index >= 15 is 0 Å². The van der Waals surface area contributed by atoms with E-state index in [1.165, 1.54) is 28.6 Å². The van der Waals surface area contributed by atoms with Gasteiger partial charge in [-0.2, -0.15) is 4.31 Å². The highest BCUT2D eigenvalue weighted by Gasteiger charge is 2.31. The van der Waals surface area contributed by atoms with Gasteiger partial charge in [0.25, 0.3) is 0 Å². The van der Waals surface area contributed by atoms with Crippen LogP contribution in [-0.2, 0) is 10.0 Å². The molecule has 1 unspecified atom stereocenters. The van der Waals surface area contributed by atoms with E-state index in [4.69, 9.17) is 4.98 Å². The standard InChI is InChI=1S/C19H20FN3O2S2/c1-14(19-21-17-4-2-3-5-18(17)26-19)22-10-12-23(13-11-22)27(24,25)16-8-6-15(20)7-9-16/h2-9,14H,10-13H2,1H3. The highest BCUT2D eigenvalue weighted by atomic mass is 32.2. The van der Waals surface area contributed by atoms with Gasteiger partial charge in [-0.15, -0.1) is 11.3 Å². The Hall–Kier alpha value is -1.87. The van der Waals surface area contributed by atoms with Crippen molar-refractivity contribution in [2.75, 3.05) is 26.2 Å². The maximum atomic E-state index is 13.1. The number of thiazole rings is 1. The molecular weight excluding hydrogens is 385 g/mol. The van der Waals surface area contributed by atoms with E-state index in [0.29, 0.717) is 26.2 Å². The van der Waals surface area contributed by atoms with Crippen molar-refractivity contribution in [2.45, 2.75) is 17.9 Å². The van der Waals surface area contributed by atoms with Crippen LogP contribution in [0.4, 0.5) is 4.39 Å². The molecule has 0 spiro atoms. The molecule has 0 aliphatic carbocycles. The molecule has 5 nitrogen and oxygen atoms in total. The second-order valence-corrected chi connectivity index (χ2v) is 9.59. The van der Waals surface area contributed by atoms with Gasteiger partial charge >= 0.3 is 0 Å². The Labute approximate surface area is 162 Å². The van der Waals surface area contributed by atoms with Crippen LogP contribution in [0, 0.1) is 5.82 Å². The summed E-state index contributed by atoms with van der Waals surface area (Å²) < 4.78 is 41.2. The Balaban J connectivity index is 1.45. The van der Waals surface area contributed by atoms with E-state index in [0.717, 1.165) is 15.2 Å². The minimum absolute atomic E-state index is 0.136. The Morgan fingerprint density at radius 2 is 1.70 bits per heavy atom. The lowest BCUT2D eigenvalue weighted by molar-refractivity contribution is 0.146. The van der Waals surface area contributed by atoms with Crippen molar-refractivity contribution in [1.82, 2.24) is 14.2 Å². The Kier molecular flexibility index (Phi) is 4.98. The molecule has 0 N–H and O–H groups in total. The zero-order chi connectivity index (χ0) is 19.0. The summed E-state index contributed by atoms with van der Waals surface area (Å²) in [6.07, 6.45) is 0. The molecule has 1 atom stereocenters. The average Bonchev–Trinajstić information content (AvgIpc) is 3.12. The van der Waals surface area contributed by atoms with Crippen LogP contribution in [0.5, 0.6) is 0 Å². The van der Waals surface area contributed by atoms with Crippen LogP contribution < -0.4 is 0 Å². The van der Waals surface area contributed by atoms with E-state index < -0.39 is 15.8 Å². The molecule has 0 saturated carbocycles. The lowest BCUT2D eigenvalue weighted by Gasteiger charge is -2.36. The average molecular weight is 406 g/mol. The van der Waals surface area contributed by atoms with Crippen LogP contribution in [0.3, 0.4) is 0 Å². The van der Waals surface area contributed by atoms with Gasteiger partial charge in [0.15, 0.2) is 0 Å². The number of halogens is 1. The molecule has 1 saturated heterocycles. The monoisotopic (exact) mass is 405 g/mol. The van der Waals surface area contributed by atoms with Gasteiger partial charge in [0, 0.05) is 26.2 Å². The molecule has 27 heavy (non-hydrogen) atoms. The van der Waals surface area contributed by atoms with E-state index in [2.05, 4.69) is 17.9 Å². The quantitative estimate of drug-likeness (QED) is 0.667. The van der Waals surface area contributed by atoms with Gasteiger partial charge in [-0.3, -0.25) is 4.90 Å². The Bertz CT molecular complexity index is 1010.